The van der Waals surface area contributed by atoms with Crippen molar-refractivity contribution in [2.45, 2.75) is 32.2 Å². The monoisotopic (exact) mass is 302 g/mol. The second-order valence-corrected chi connectivity index (χ2v) is 6.64. The van der Waals surface area contributed by atoms with Gasteiger partial charge in [0.25, 0.3) is 0 Å². The van der Waals surface area contributed by atoms with E-state index in [4.69, 9.17) is 0 Å². The Bertz CT molecular complexity index is 577. The number of aryl methyl sites for hydroxylation is 1. The second-order valence-electron chi connectivity index (χ2n) is 5.01. The number of hydrogen-bond acceptors (Lipinski definition) is 3. The lowest BCUT2D eigenvalue weighted by molar-refractivity contribution is 0.156. The van der Waals surface area contributed by atoms with Crippen LogP contribution in [-0.2, 0) is 10.2 Å². The van der Waals surface area contributed by atoms with E-state index >= 15 is 0 Å². The highest BCUT2D eigenvalue weighted by Crippen LogP contribution is 2.22. The largest absolute Gasteiger partial charge is 0.395 e. The van der Waals surface area contributed by atoms with Gasteiger partial charge in [-0.1, -0.05) is 6.42 Å². The molecule has 2 rings (SSSR count). The summed E-state index contributed by atoms with van der Waals surface area (Å²) < 4.78 is 41.6. The zero-order valence-corrected chi connectivity index (χ0v) is 12.2. The minimum absolute atomic E-state index is 0.191. The molecule has 1 heterocycles. The predicted molar refractivity (Wildman–Crippen MR) is 75.1 cm³/mol. The van der Waals surface area contributed by atoms with Crippen LogP contribution in [0.1, 0.15) is 24.8 Å². The Labute approximate surface area is 118 Å². The van der Waals surface area contributed by atoms with Crippen molar-refractivity contribution in [2.75, 3.05) is 17.9 Å². The zero-order valence-electron chi connectivity index (χ0n) is 11.3. The van der Waals surface area contributed by atoms with Gasteiger partial charge in [0.2, 0.25) is 0 Å². The SMILES string of the molecule is Cc1cc(NS(=O)(=O)N2CCCCC2CO)ccc1F. The summed E-state index contributed by atoms with van der Waals surface area (Å²) in [5.41, 5.74) is 0.703. The zero-order chi connectivity index (χ0) is 14.8. The average Bonchev–Trinajstić information content (AvgIpc) is 2.42. The van der Waals surface area contributed by atoms with E-state index < -0.39 is 10.2 Å². The Kier molecular flexibility index (Phi) is 4.62. The summed E-state index contributed by atoms with van der Waals surface area (Å²) in [5, 5.41) is 9.29. The van der Waals surface area contributed by atoms with Crippen molar-refractivity contribution < 1.29 is 17.9 Å². The molecule has 0 spiro atoms. The molecule has 1 aliphatic rings. The summed E-state index contributed by atoms with van der Waals surface area (Å²) in [7, 11) is -3.73. The van der Waals surface area contributed by atoms with Gasteiger partial charge in [0.05, 0.1) is 12.3 Å². The topological polar surface area (TPSA) is 69.6 Å². The highest BCUT2D eigenvalue weighted by Gasteiger charge is 2.31. The van der Waals surface area contributed by atoms with Crippen LogP contribution >= 0.6 is 0 Å². The van der Waals surface area contributed by atoms with Gasteiger partial charge in [-0.05, 0) is 43.5 Å². The van der Waals surface area contributed by atoms with Gasteiger partial charge in [0.1, 0.15) is 5.82 Å². The molecule has 1 fully saturated rings. The first kappa shape index (κ1) is 15.2. The van der Waals surface area contributed by atoms with E-state index in [0.717, 1.165) is 12.8 Å². The number of halogens is 1. The Morgan fingerprint density at radius 2 is 2.20 bits per heavy atom. The number of hydrogen-bond donors (Lipinski definition) is 2. The number of nitrogens with one attached hydrogen (secondary N) is 1. The van der Waals surface area contributed by atoms with Crippen molar-refractivity contribution in [1.82, 2.24) is 4.31 Å². The van der Waals surface area contributed by atoms with Crippen molar-refractivity contribution in [2.24, 2.45) is 0 Å². The number of rotatable bonds is 4. The van der Waals surface area contributed by atoms with Crippen LogP contribution in [0.5, 0.6) is 0 Å². The maximum atomic E-state index is 13.2. The van der Waals surface area contributed by atoms with Crippen molar-refractivity contribution >= 4 is 15.9 Å². The molecule has 1 aliphatic heterocycles. The molecule has 1 aromatic rings. The molecule has 112 valence electrons. The summed E-state index contributed by atoms with van der Waals surface area (Å²) in [4.78, 5) is 0. The van der Waals surface area contributed by atoms with Crippen molar-refractivity contribution in [3.63, 3.8) is 0 Å². The minimum Gasteiger partial charge on any atom is -0.395 e. The lowest BCUT2D eigenvalue weighted by Crippen LogP contribution is -2.47. The van der Waals surface area contributed by atoms with Gasteiger partial charge < -0.3 is 5.11 Å². The molecule has 5 nitrogen and oxygen atoms in total. The quantitative estimate of drug-likeness (QED) is 0.888. The van der Waals surface area contributed by atoms with Gasteiger partial charge in [-0.15, -0.1) is 0 Å². The van der Waals surface area contributed by atoms with Crippen LogP contribution in [0.2, 0.25) is 0 Å². The Morgan fingerprint density at radius 1 is 1.45 bits per heavy atom. The molecule has 20 heavy (non-hydrogen) atoms. The summed E-state index contributed by atoms with van der Waals surface area (Å²) in [6.45, 7) is 1.77. The smallest absolute Gasteiger partial charge is 0.301 e. The summed E-state index contributed by atoms with van der Waals surface area (Å²) in [5.74, 6) is -0.376. The molecule has 0 aromatic heterocycles. The summed E-state index contributed by atoms with van der Waals surface area (Å²) in [6, 6.07) is 3.68. The third-order valence-corrected chi connectivity index (χ3v) is 5.09. The number of aliphatic hydroxyl groups is 1. The van der Waals surface area contributed by atoms with Crippen molar-refractivity contribution in [1.29, 1.82) is 0 Å². The molecule has 1 unspecified atom stereocenters. The van der Waals surface area contributed by atoms with Crippen LogP contribution in [0.15, 0.2) is 18.2 Å². The van der Waals surface area contributed by atoms with Gasteiger partial charge in [-0.3, -0.25) is 4.72 Å². The number of nitrogens with zero attached hydrogens (tertiary/aromatic N) is 1. The molecule has 2 N–H and O–H groups in total. The third kappa shape index (κ3) is 3.28. The second kappa shape index (κ2) is 6.07. The molecule has 1 aromatic carbocycles. The summed E-state index contributed by atoms with van der Waals surface area (Å²) in [6.07, 6.45) is 2.34. The van der Waals surface area contributed by atoms with Gasteiger partial charge in [0, 0.05) is 12.6 Å². The van der Waals surface area contributed by atoms with Gasteiger partial charge in [-0.2, -0.15) is 12.7 Å². The molecular formula is C13H19FN2O3S. The highest BCUT2D eigenvalue weighted by atomic mass is 32.2. The number of piperidine rings is 1. The number of benzene rings is 1. The predicted octanol–water partition coefficient (Wildman–Crippen LogP) is 1.64. The Hall–Kier alpha value is -1.18. The van der Waals surface area contributed by atoms with E-state index in [0.29, 0.717) is 24.2 Å². The number of anilines is 1. The van der Waals surface area contributed by atoms with E-state index in [1.165, 1.54) is 22.5 Å². The maximum Gasteiger partial charge on any atom is 0.301 e. The van der Waals surface area contributed by atoms with E-state index in [-0.39, 0.29) is 18.5 Å². The standard InChI is InChI=1S/C13H19FN2O3S/c1-10-8-11(5-6-13(10)14)15-20(18,19)16-7-3-2-4-12(16)9-17/h5-6,8,12,15,17H,2-4,7,9H2,1H3. The van der Waals surface area contributed by atoms with Crippen LogP contribution in [0.4, 0.5) is 10.1 Å². The summed E-state index contributed by atoms with van der Waals surface area (Å²) >= 11 is 0. The first-order chi connectivity index (χ1) is 9.44. The van der Waals surface area contributed by atoms with E-state index in [9.17, 15) is 17.9 Å². The van der Waals surface area contributed by atoms with Crippen molar-refractivity contribution in [3.05, 3.63) is 29.6 Å². The molecule has 0 bridgehead atoms. The highest BCUT2D eigenvalue weighted by molar-refractivity contribution is 7.90. The molecule has 0 radical (unpaired) electrons. The fourth-order valence-electron chi connectivity index (χ4n) is 2.39. The van der Waals surface area contributed by atoms with E-state index in [1.807, 2.05) is 0 Å². The first-order valence-electron chi connectivity index (χ1n) is 6.60. The lowest BCUT2D eigenvalue weighted by atomic mass is 10.1. The van der Waals surface area contributed by atoms with Gasteiger partial charge >= 0.3 is 10.2 Å². The van der Waals surface area contributed by atoms with E-state index in [2.05, 4.69) is 4.72 Å². The Balaban J connectivity index is 2.19. The molecule has 0 aliphatic carbocycles. The van der Waals surface area contributed by atoms with Crippen molar-refractivity contribution in [3.8, 4) is 0 Å². The molecule has 7 heteroatoms. The number of aliphatic hydroxyl groups excluding tert-OH is 1. The molecule has 0 amide bonds. The van der Waals surface area contributed by atoms with Crippen LogP contribution < -0.4 is 4.72 Å². The first-order valence-corrected chi connectivity index (χ1v) is 8.04. The van der Waals surface area contributed by atoms with Gasteiger partial charge in [0.15, 0.2) is 0 Å². The fourth-order valence-corrected chi connectivity index (χ4v) is 3.86. The van der Waals surface area contributed by atoms with Crippen LogP contribution in [0.25, 0.3) is 0 Å². The molecule has 0 saturated carbocycles. The molecular weight excluding hydrogens is 283 g/mol. The van der Waals surface area contributed by atoms with Crippen LogP contribution in [0.3, 0.4) is 0 Å². The van der Waals surface area contributed by atoms with Gasteiger partial charge in [-0.25, -0.2) is 4.39 Å². The average molecular weight is 302 g/mol. The molecule has 1 saturated heterocycles. The van der Waals surface area contributed by atoms with Crippen LogP contribution in [-0.4, -0.2) is 37.0 Å². The normalized spacial score (nSPS) is 20.9. The Morgan fingerprint density at radius 3 is 2.85 bits per heavy atom. The lowest BCUT2D eigenvalue weighted by Gasteiger charge is -2.33. The fraction of sp³-hybridized carbons (Fsp3) is 0.538. The van der Waals surface area contributed by atoms with Crippen LogP contribution in [0, 0.1) is 12.7 Å². The third-order valence-electron chi connectivity index (χ3n) is 3.50. The maximum absolute atomic E-state index is 13.2. The van der Waals surface area contributed by atoms with E-state index in [1.54, 1.807) is 6.92 Å². The minimum atomic E-state index is -3.73. The molecule has 1 atom stereocenters.